The molecule has 0 aromatic heterocycles. The fourth-order valence-electron chi connectivity index (χ4n) is 0.285. The van der Waals surface area contributed by atoms with E-state index in [0.29, 0.717) is 0 Å². The fourth-order valence-corrected chi connectivity index (χ4v) is 0.285. The SMILES string of the molecule is C=CC#N.CC(C)=CC(N)=O. The molecule has 0 aliphatic heterocycles. The number of amides is 1. The molecule has 0 rings (SSSR count). The molecule has 1 amide bonds. The highest BCUT2D eigenvalue weighted by Gasteiger charge is 1.80. The minimum Gasteiger partial charge on any atom is -0.366 e. The number of hydrogen-bond donors (Lipinski definition) is 1. The largest absolute Gasteiger partial charge is 0.366 e. The summed E-state index contributed by atoms with van der Waals surface area (Å²) in [6, 6.07) is 1.69. The predicted molar refractivity (Wildman–Crippen MR) is 44.4 cm³/mol. The van der Waals surface area contributed by atoms with E-state index in [2.05, 4.69) is 6.58 Å². The first kappa shape index (κ1) is 12.1. The van der Waals surface area contributed by atoms with E-state index >= 15 is 0 Å². The maximum Gasteiger partial charge on any atom is 0.241 e. The number of carbonyl (C=O) groups excluding carboxylic acids is 1. The van der Waals surface area contributed by atoms with E-state index in [1.54, 1.807) is 6.07 Å². The molecular weight excluding hydrogens is 140 g/mol. The van der Waals surface area contributed by atoms with Crippen molar-refractivity contribution in [1.82, 2.24) is 0 Å². The summed E-state index contributed by atoms with van der Waals surface area (Å²) in [4.78, 5) is 9.96. The topological polar surface area (TPSA) is 66.9 Å². The van der Waals surface area contributed by atoms with Crippen molar-refractivity contribution in [3.63, 3.8) is 0 Å². The number of nitriles is 1. The normalized spacial score (nSPS) is 6.27. The highest BCUT2D eigenvalue weighted by Crippen LogP contribution is 1.84. The van der Waals surface area contributed by atoms with Gasteiger partial charge in [0.05, 0.1) is 6.07 Å². The Morgan fingerprint density at radius 1 is 1.64 bits per heavy atom. The average Bonchev–Trinajstić information content (AvgIpc) is 1.85. The Kier molecular flexibility index (Phi) is 9.32. The number of allylic oxidation sites excluding steroid dienone is 2. The number of hydrogen-bond acceptors (Lipinski definition) is 2. The third-order valence-electron chi connectivity index (χ3n) is 0.522. The van der Waals surface area contributed by atoms with Crippen LogP contribution in [0.5, 0.6) is 0 Å². The molecule has 0 saturated carbocycles. The molecule has 11 heavy (non-hydrogen) atoms. The lowest BCUT2D eigenvalue weighted by atomic mass is 10.3. The quantitative estimate of drug-likeness (QED) is 0.452. The van der Waals surface area contributed by atoms with Gasteiger partial charge in [-0.05, 0) is 13.8 Å². The van der Waals surface area contributed by atoms with Gasteiger partial charge in [-0.25, -0.2) is 0 Å². The molecule has 0 heterocycles. The lowest BCUT2D eigenvalue weighted by Crippen LogP contribution is -2.05. The van der Waals surface area contributed by atoms with Crippen LogP contribution >= 0.6 is 0 Å². The van der Waals surface area contributed by atoms with Crippen molar-refractivity contribution in [3.05, 3.63) is 24.3 Å². The summed E-state index contributed by atoms with van der Waals surface area (Å²) in [7, 11) is 0. The van der Waals surface area contributed by atoms with Crippen molar-refractivity contribution in [1.29, 1.82) is 5.26 Å². The Hall–Kier alpha value is -1.56. The lowest BCUT2D eigenvalue weighted by Gasteiger charge is -1.80. The van der Waals surface area contributed by atoms with Gasteiger partial charge in [-0.2, -0.15) is 5.26 Å². The first-order valence-electron chi connectivity index (χ1n) is 2.99. The van der Waals surface area contributed by atoms with Crippen LogP contribution in [0.25, 0.3) is 0 Å². The van der Waals surface area contributed by atoms with Gasteiger partial charge in [0.1, 0.15) is 0 Å². The second kappa shape index (κ2) is 8.44. The summed E-state index contributed by atoms with van der Waals surface area (Å²) >= 11 is 0. The number of carbonyl (C=O) groups is 1. The smallest absolute Gasteiger partial charge is 0.241 e. The van der Waals surface area contributed by atoms with E-state index in [1.165, 1.54) is 12.2 Å². The van der Waals surface area contributed by atoms with Crippen LogP contribution in [0.3, 0.4) is 0 Å². The number of nitrogens with zero attached hydrogens (tertiary/aromatic N) is 1. The third kappa shape index (κ3) is 29.6. The molecule has 0 spiro atoms. The molecule has 3 heteroatoms. The minimum absolute atomic E-state index is 0.375. The second-order valence-electron chi connectivity index (χ2n) is 1.96. The first-order valence-corrected chi connectivity index (χ1v) is 2.99. The Labute approximate surface area is 66.8 Å². The zero-order valence-corrected chi connectivity index (χ0v) is 6.79. The standard InChI is InChI=1S/C5H9NO.C3H3N/c1-4(2)3-5(6)7;1-2-3-4/h3H,1-2H3,(H2,6,7);2H,1H2. The highest BCUT2D eigenvalue weighted by molar-refractivity contribution is 5.86. The first-order chi connectivity index (χ1) is 5.04. The lowest BCUT2D eigenvalue weighted by molar-refractivity contribution is -0.113. The van der Waals surface area contributed by atoms with Gasteiger partial charge in [0.15, 0.2) is 0 Å². The van der Waals surface area contributed by atoms with Gasteiger partial charge in [-0.3, -0.25) is 4.79 Å². The molecule has 3 nitrogen and oxygen atoms in total. The molecule has 60 valence electrons. The van der Waals surface area contributed by atoms with Crippen molar-refractivity contribution < 1.29 is 4.79 Å². The summed E-state index contributed by atoms with van der Waals surface area (Å²) in [6.45, 7) is 6.77. The molecule has 2 N–H and O–H groups in total. The molecule has 0 fully saturated rings. The molecule has 0 atom stereocenters. The van der Waals surface area contributed by atoms with Crippen molar-refractivity contribution in [2.45, 2.75) is 13.8 Å². The molecular formula is C8H12N2O. The van der Waals surface area contributed by atoms with Crippen LogP contribution in [-0.4, -0.2) is 5.91 Å². The number of nitrogens with two attached hydrogens (primary N) is 1. The molecule has 0 aliphatic carbocycles. The van der Waals surface area contributed by atoms with E-state index in [1.807, 2.05) is 13.8 Å². The van der Waals surface area contributed by atoms with E-state index in [9.17, 15) is 4.79 Å². The van der Waals surface area contributed by atoms with Crippen molar-refractivity contribution in [2.24, 2.45) is 5.73 Å². The predicted octanol–water partition coefficient (Wildman–Crippen LogP) is 1.13. The maximum absolute atomic E-state index is 9.96. The Morgan fingerprint density at radius 2 is 2.00 bits per heavy atom. The third-order valence-corrected chi connectivity index (χ3v) is 0.522. The van der Waals surface area contributed by atoms with Gasteiger partial charge >= 0.3 is 0 Å². The van der Waals surface area contributed by atoms with Gasteiger partial charge in [-0.15, -0.1) is 0 Å². The fraction of sp³-hybridized carbons (Fsp3) is 0.250. The average molecular weight is 152 g/mol. The van der Waals surface area contributed by atoms with Crippen LogP contribution < -0.4 is 5.73 Å². The summed E-state index contributed by atoms with van der Waals surface area (Å²) in [6.07, 6.45) is 2.57. The van der Waals surface area contributed by atoms with Gasteiger partial charge in [0, 0.05) is 12.2 Å². The molecule has 0 aromatic rings. The molecule has 0 radical (unpaired) electrons. The summed E-state index contributed by atoms with van der Waals surface area (Å²) in [5, 5.41) is 7.51. The van der Waals surface area contributed by atoms with Crippen LogP contribution in [-0.2, 0) is 4.79 Å². The van der Waals surface area contributed by atoms with Crippen molar-refractivity contribution >= 4 is 5.91 Å². The van der Waals surface area contributed by atoms with Gasteiger partial charge < -0.3 is 5.73 Å². The second-order valence-corrected chi connectivity index (χ2v) is 1.96. The van der Waals surface area contributed by atoms with Crippen LogP contribution in [0.2, 0.25) is 0 Å². The van der Waals surface area contributed by atoms with Gasteiger partial charge in [0.25, 0.3) is 0 Å². The van der Waals surface area contributed by atoms with Gasteiger partial charge in [-0.1, -0.05) is 12.2 Å². The number of rotatable bonds is 1. The minimum atomic E-state index is -0.375. The highest BCUT2D eigenvalue weighted by atomic mass is 16.1. The Morgan fingerprint density at radius 3 is 2.00 bits per heavy atom. The summed E-state index contributed by atoms with van der Waals surface area (Å²) < 4.78 is 0. The van der Waals surface area contributed by atoms with E-state index < -0.39 is 0 Å². The molecule has 0 saturated heterocycles. The van der Waals surface area contributed by atoms with Crippen LogP contribution in [0.15, 0.2) is 24.3 Å². The molecule has 0 aromatic carbocycles. The molecule has 0 bridgehead atoms. The van der Waals surface area contributed by atoms with Crippen molar-refractivity contribution in [2.75, 3.05) is 0 Å². The monoisotopic (exact) mass is 152 g/mol. The molecule has 0 aliphatic rings. The van der Waals surface area contributed by atoms with Crippen LogP contribution in [0, 0.1) is 11.3 Å². The maximum atomic E-state index is 9.96. The van der Waals surface area contributed by atoms with Gasteiger partial charge in [0.2, 0.25) is 5.91 Å². The molecule has 0 unspecified atom stereocenters. The Balaban J connectivity index is 0. The van der Waals surface area contributed by atoms with E-state index in [0.717, 1.165) is 5.57 Å². The summed E-state index contributed by atoms with van der Waals surface area (Å²) in [5.41, 5.74) is 5.72. The zero-order chi connectivity index (χ0) is 9.28. The zero-order valence-electron chi connectivity index (χ0n) is 6.79. The summed E-state index contributed by atoms with van der Waals surface area (Å²) in [5.74, 6) is -0.375. The van der Waals surface area contributed by atoms with Crippen LogP contribution in [0.4, 0.5) is 0 Å². The Bertz CT molecular complexity index is 195. The number of primary amides is 1. The van der Waals surface area contributed by atoms with Crippen molar-refractivity contribution in [3.8, 4) is 6.07 Å². The van der Waals surface area contributed by atoms with E-state index in [4.69, 9.17) is 11.0 Å². The van der Waals surface area contributed by atoms with E-state index in [-0.39, 0.29) is 5.91 Å². The van der Waals surface area contributed by atoms with Crippen LogP contribution in [0.1, 0.15) is 13.8 Å².